The van der Waals surface area contributed by atoms with Crippen molar-refractivity contribution in [2.75, 3.05) is 12.8 Å². The summed E-state index contributed by atoms with van der Waals surface area (Å²) in [4.78, 5) is 33.3. The molecule has 0 spiro atoms. The fourth-order valence-corrected chi connectivity index (χ4v) is 2.97. The zero-order chi connectivity index (χ0) is 15.0. The molecule has 7 heteroatoms. The molecule has 0 aromatic heterocycles. The molecule has 0 aliphatic heterocycles. The lowest BCUT2D eigenvalue weighted by Crippen LogP contribution is -2.49. The number of rotatable bonds is 8. The van der Waals surface area contributed by atoms with E-state index in [2.05, 4.69) is 10.6 Å². The summed E-state index contributed by atoms with van der Waals surface area (Å²) in [5, 5.41) is 13.5. The second-order valence-electron chi connectivity index (χ2n) is 5.07. The highest BCUT2D eigenvalue weighted by atomic mass is 32.2. The molecule has 114 valence electrons. The van der Waals surface area contributed by atoms with E-state index in [1.165, 1.54) is 6.42 Å². The molecule has 6 nitrogen and oxygen atoms in total. The molecular weight excluding hydrogens is 280 g/mol. The van der Waals surface area contributed by atoms with Gasteiger partial charge in [0.05, 0.1) is 0 Å². The highest BCUT2D eigenvalue weighted by Crippen LogP contribution is 2.42. The van der Waals surface area contributed by atoms with Crippen LogP contribution in [0.15, 0.2) is 0 Å². The maximum absolute atomic E-state index is 11.6. The fourth-order valence-electron chi connectivity index (χ4n) is 2.06. The Morgan fingerprint density at radius 1 is 1.20 bits per heavy atom. The summed E-state index contributed by atoms with van der Waals surface area (Å²) in [7, 11) is 0. The van der Waals surface area contributed by atoms with Crippen molar-refractivity contribution in [1.29, 1.82) is 0 Å². The first-order valence-corrected chi connectivity index (χ1v) is 8.04. The van der Waals surface area contributed by atoms with Crippen LogP contribution in [0.5, 0.6) is 0 Å². The van der Waals surface area contributed by atoms with Crippen molar-refractivity contribution in [1.82, 2.24) is 10.6 Å². The second kappa shape index (κ2) is 8.14. The van der Waals surface area contributed by atoms with Crippen molar-refractivity contribution >= 4 is 29.7 Å². The van der Waals surface area contributed by atoms with Crippen LogP contribution in [0.2, 0.25) is 0 Å². The van der Waals surface area contributed by atoms with Gasteiger partial charge in [0.25, 0.3) is 0 Å². The molecule has 1 aliphatic carbocycles. The quantitative estimate of drug-likeness (QED) is 0.594. The van der Waals surface area contributed by atoms with E-state index in [1.807, 2.05) is 6.26 Å². The number of hydrogen-bond acceptors (Lipinski definition) is 4. The Balaban J connectivity index is 2.12. The molecule has 0 bridgehead atoms. The molecule has 0 unspecified atom stereocenters. The number of nitrogens with one attached hydrogen (secondary N) is 2. The Kier molecular flexibility index (Phi) is 6.84. The number of hydrogen-bond donors (Lipinski definition) is 3. The van der Waals surface area contributed by atoms with Crippen LogP contribution in [0.3, 0.4) is 0 Å². The van der Waals surface area contributed by atoms with Gasteiger partial charge in [0.1, 0.15) is 0 Å². The maximum Gasteiger partial charge on any atom is 0.321 e. The van der Waals surface area contributed by atoms with Gasteiger partial charge in [-0.15, -0.1) is 0 Å². The number of carbonyl (C=O) groups excluding carboxylic acids is 2. The van der Waals surface area contributed by atoms with Gasteiger partial charge in [-0.3, -0.25) is 14.9 Å². The molecule has 1 saturated carbocycles. The maximum atomic E-state index is 11.6. The van der Waals surface area contributed by atoms with Crippen molar-refractivity contribution in [3.8, 4) is 0 Å². The van der Waals surface area contributed by atoms with Gasteiger partial charge < -0.3 is 10.4 Å². The van der Waals surface area contributed by atoms with Crippen LogP contribution in [0, 0.1) is 0 Å². The summed E-state index contributed by atoms with van der Waals surface area (Å²) < 4.78 is 0.141. The number of carboxylic acid groups (broad SMARTS) is 1. The Morgan fingerprint density at radius 2 is 1.85 bits per heavy atom. The van der Waals surface area contributed by atoms with E-state index >= 15 is 0 Å². The number of imide groups is 1. The van der Waals surface area contributed by atoms with E-state index in [0.29, 0.717) is 19.4 Å². The largest absolute Gasteiger partial charge is 0.481 e. The van der Waals surface area contributed by atoms with Crippen LogP contribution in [-0.2, 0) is 9.59 Å². The molecule has 0 aromatic rings. The normalized spacial score (nSPS) is 16.1. The van der Waals surface area contributed by atoms with E-state index in [4.69, 9.17) is 5.11 Å². The molecule has 1 fully saturated rings. The number of carboxylic acids is 1. The average Bonchev–Trinajstić information content (AvgIpc) is 2.33. The Hall–Kier alpha value is -1.24. The van der Waals surface area contributed by atoms with Crippen LogP contribution < -0.4 is 10.6 Å². The molecular formula is C13H22N2O4S. The fraction of sp³-hybridized carbons (Fsp3) is 0.769. The SMILES string of the molecule is CSC1(CNC(=O)NC(=O)CCCCC(=O)O)CCC1. The molecule has 0 aromatic carbocycles. The average molecular weight is 302 g/mol. The highest BCUT2D eigenvalue weighted by molar-refractivity contribution is 8.00. The number of urea groups is 1. The van der Waals surface area contributed by atoms with Crippen LogP contribution in [0.25, 0.3) is 0 Å². The molecule has 0 saturated heterocycles. The number of unbranched alkanes of at least 4 members (excludes halogenated alkanes) is 1. The second-order valence-corrected chi connectivity index (χ2v) is 6.35. The number of thioether (sulfide) groups is 1. The first-order chi connectivity index (χ1) is 9.47. The minimum atomic E-state index is -0.869. The minimum absolute atomic E-state index is 0.0513. The van der Waals surface area contributed by atoms with E-state index in [-0.39, 0.29) is 23.5 Å². The monoisotopic (exact) mass is 302 g/mol. The lowest BCUT2D eigenvalue weighted by molar-refractivity contribution is -0.137. The minimum Gasteiger partial charge on any atom is -0.481 e. The molecule has 20 heavy (non-hydrogen) atoms. The lowest BCUT2D eigenvalue weighted by atomic mass is 9.84. The Morgan fingerprint density at radius 3 is 2.35 bits per heavy atom. The van der Waals surface area contributed by atoms with Crippen LogP contribution in [0.4, 0.5) is 4.79 Å². The topological polar surface area (TPSA) is 95.5 Å². The van der Waals surface area contributed by atoms with Crippen molar-refractivity contribution in [3.63, 3.8) is 0 Å². The standard InChI is InChI=1S/C13H22N2O4S/c1-20-13(7-4-8-13)9-14-12(19)15-10(16)5-2-3-6-11(17)18/h2-9H2,1H3,(H,17,18)(H2,14,15,16,19). The number of amides is 3. The zero-order valence-electron chi connectivity index (χ0n) is 11.7. The summed E-state index contributed by atoms with van der Waals surface area (Å²) in [5.41, 5.74) is 0. The van der Waals surface area contributed by atoms with Gasteiger partial charge in [-0.1, -0.05) is 6.42 Å². The lowest BCUT2D eigenvalue weighted by Gasteiger charge is -2.40. The molecule has 3 N–H and O–H groups in total. The summed E-state index contributed by atoms with van der Waals surface area (Å²) in [5.74, 6) is -1.23. The van der Waals surface area contributed by atoms with Gasteiger partial charge in [0.15, 0.2) is 0 Å². The Labute approximate surface area is 123 Å². The summed E-state index contributed by atoms with van der Waals surface area (Å²) >= 11 is 1.76. The van der Waals surface area contributed by atoms with Crippen molar-refractivity contribution in [2.45, 2.75) is 49.7 Å². The predicted octanol–water partition coefficient (Wildman–Crippen LogP) is 1.74. The third-order valence-corrected chi connectivity index (χ3v) is 4.98. The third kappa shape index (κ3) is 5.81. The molecule has 1 aliphatic rings. The van der Waals surface area contributed by atoms with Gasteiger partial charge >= 0.3 is 12.0 Å². The van der Waals surface area contributed by atoms with E-state index in [1.54, 1.807) is 11.8 Å². The van der Waals surface area contributed by atoms with Gasteiger partial charge in [-0.05, 0) is 31.9 Å². The van der Waals surface area contributed by atoms with E-state index < -0.39 is 12.0 Å². The van der Waals surface area contributed by atoms with Crippen molar-refractivity contribution in [3.05, 3.63) is 0 Å². The van der Waals surface area contributed by atoms with Crippen LogP contribution in [0.1, 0.15) is 44.9 Å². The number of carbonyl (C=O) groups is 3. The predicted molar refractivity (Wildman–Crippen MR) is 77.7 cm³/mol. The summed E-state index contributed by atoms with van der Waals surface area (Å²) in [6, 6.07) is -0.464. The first-order valence-electron chi connectivity index (χ1n) is 6.82. The molecule has 0 heterocycles. The zero-order valence-corrected chi connectivity index (χ0v) is 12.6. The first kappa shape index (κ1) is 16.8. The van der Waals surface area contributed by atoms with Gasteiger partial charge in [-0.25, -0.2) is 4.79 Å². The van der Waals surface area contributed by atoms with E-state index in [9.17, 15) is 14.4 Å². The van der Waals surface area contributed by atoms with Crippen LogP contribution in [-0.4, -0.2) is 40.6 Å². The van der Waals surface area contributed by atoms with Gasteiger partial charge in [0.2, 0.25) is 5.91 Å². The Bertz CT molecular complexity index is 364. The molecule has 3 amide bonds. The smallest absolute Gasteiger partial charge is 0.321 e. The molecule has 1 rings (SSSR count). The third-order valence-electron chi connectivity index (χ3n) is 3.57. The highest BCUT2D eigenvalue weighted by Gasteiger charge is 2.36. The summed E-state index contributed by atoms with van der Waals surface area (Å²) in [6.07, 6.45) is 6.55. The van der Waals surface area contributed by atoms with E-state index in [0.717, 1.165) is 12.8 Å². The molecule has 0 atom stereocenters. The van der Waals surface area contributed by atoms with Gasteiger partial charge in [0, 0.05) is 24.1 Å². The van der Waals surface area contributed by atoms with Crippen molar-refractivity contribution in [2.24, 2.45) is 0 Å². The molecule has 0 radical (unpaired) electrons. The summed E-state index contributed by atoms with van der Waals surface area (Å²) in [6.45, 7) is 0.576. The van der Waals surface area contributed by atoms with Crippen molar-refractivity contribution < 1.29 is 19.5 Å². The van der Waals surface area contributed by atoms with Crippen LogP contribution >= 0.6 is 11.8 Å². The number of aliphatic carboxylic acids is 1. The van der Waals surface area contributed by atoms with Gasteiger partial charge in [-0.2, -0.15) is 11.8 Å².